The molecule has 0 radical (unpaired) electrons. The third-order valence-electron chi connectivity index (χ3n) is 4.26. The molecule has 2 aromatic heterocycles. The van der Waals surface area contributed by atoms with Crippen LogP contribution < -0.4 is 9.47 Å². The molecule has 0 fully saturated rings. The Morgan fingerprint density at radius 3 is 2.59 bits per heavy atom. The van der Waals surface area contributed by atoms with Gasteiger partial charge in [-0.15, -0.1) is 11.3 Å². The van der Waals surface area contributed by atoms with Crippen LogP contribution >= 0.6 is 11.3 Å². The minimum Gasteiger partial charge on any atom is -0.490 e. The van der Waals surface area contributed by atoms with E-state index in [1.807, 2.05) is 49.8 Å². The van der Waals surface area contributed by atoms with Crippen molar-refractivity contribution in [2.24, 2.45) is 0 Å². The molecule has 2 aromatic carbocycles. The predicted octanol–water partition coefficient (Wildman–Crippen LogP) is 5.01. The first kappa shape index (κ1) is 17.5. The standard InChI is InChI=1S/C21H21N3O2S/c1-3-25-18-10-9-15(11-19(18)26-4-2)13-24-17-8-6-5-7-16(17)23-21(24)20-12-22-14-27-20/h5-12,14H,3-4,13H2,1-2H3. The molecule has 6 heteroatoms. The number of para-hydroxylation sites is 2. The van der Waals surface area contributed by atoms with Crippen molar-refractivity contribution in [1.82, 2.24) is 14.5 Å². The van der Waals surface area contributed by atoms with Crippen molar-refractivity contribution in [3.8, 4) is 22.2 Å². The van der Waals surface area contributed by atoms with E-state index in [1.165, 1.54) is 0 Å². The molecule has 138 valence electrons. The average molecular weight is 379 g/mol. The molecule has 0 aliphatic rings. The number of rotatable bonds is 7. The molecule has 0 atom stereocenters. The highest BCUT2D eigenvalue weighted by molar-refractivity contribution is 7.13. The van der Waals surface area contributed by atoms with Crippen molar-refractivity contribution in [3.05, 3.63) is 59.7 Å². The van der Waals surface area contributed by atoms with Gasteiger partial charge in [0.2, 0.25) is 0 Å². The number of ether oxygens (including phenoxy) is 2. The van der Waals surface area contributed by atoms with Crippen LogP contribution in [0.1, 0.15) is 19.4 Å². The fourth-order valence-corrected chi connectivity index (χ4v) is 3.74. The zero-order valence-electron chi connectivity index (χ0n) is 15.4. The van der Waals surface area contributed by atoms with E-state index in [-0.39, 0.29) is 0 Å². The second kappa shape index (κ2) is 7.80. The molecular weight excluding hydrogens is 358 g/mol. The number of imidazole rings is 1. The molecule has 0 aliphatic heterocycles. The normalized spacial score (nSPS) is 11.0. The molecule has 0 spiro atoms. The lowest BCUT2D eigenvalue weighted by Gasteiger charge is -2.14. The molecule has 0 bridgehead atoms. The number of fused-ring (bicyclic) bond motifs is 1. The quantitative estimate of drug-likeness (QED) is 0.453. The van der Waals surface area contributed by atoms with Gasteiger partial charge in [-0.25, -0.2) is 4.98 Å². The maximum atomic E-state index is 5.78. The van der Waals surface area contributed by atoms with E-state index in [9.17, 15) is 0 Å². The smallest absolute Gasteiger partial charge is 0.161 e. The van der Waals surface area contributed by atoms with Crippen LogP contribution in [0.3, 0.4) is 0 Å². The number of hydrogen-bond acceptors (Lipinski definition) is 5. The summed E-state index contributed by atoms with van der Waals surface area (Å²) in [6, 6.07) is 14.3. The van der Waals surface area contributed by atoms with Gasteiger partial charge in [0.15, 0.2) is 17.3 Å². The lowest BCUT2D eigenvalue weighted by Crippen LogP contribution is -2.04. The molecule has 0 saturated heterocycles. The van der Waals surface area contributed by atoms with Gasteiger partial charge >= 0.3 is 0 Å². The van der Waals surface area contributed by atoms with Gasteiger partial charge in [-0.05, 0) is 43.7 Å². The molecule has 5 nitrogen and oxygen atoms in total. The Morgan fingerprint density at radius 1 is 1.00 bits per heavy atom. The monoisotopic (exact) mass is 379 g/mol. The minimum atomic E-state index is 0.601. The summed E-state index contributed by atoms with van der Waals surface area (Å²) in [6.07, 6.45) is 1.87. The molecule has 4 aromatic rings. The Hall–Kier alpha value is -2.86. The van der Waals surface area contributed by atoms with Crippen molar-refractivity contribution in [3.63, 3.8) is 0 Å². The molecule has 0 amide bonds. The topological polar surface area (TPSA) is 49.2 Å². The van der Waals surface area contributed by atoms with Crippen LogP contribution in [0.4, 0.5) is 0 Å². The third-order valence-corrected chi connectivity index (χ3v) is 5.02. The average Bonchev–Trinajstić information content (AvgIpc) is 3.32. The van der Waals surface area contributed by atoms with Crippen molar-refractivity contribution < 1.29 is 9.47 Å². The van der Waals surface area contributed by atoms with Gasteiger partial charge in [0, 0.05) is 12.7 Å². The summed E-state index contributed by atoms with van der Waals surface area (Å²) in [4.78, 5) is 10.1. The van der Waals surface area contributed by atoms with Crippen LogP contribution in [0.25, 0.3) is 21.7 Å². The summed E-state index contributed by atoms with van der Waals surface area (Å²) in [5.74, 6) is 2.49. The summed E-state index contributed by atoms with van der Waals surface area (Å²) in [6.45, 7) is 5.86. The van der Waals surface area contributed by atoms with Crippen LogP contribution in [0.15, 0.2) is 54.2 Å². The first-order valence-electron chi connectivity index (χ1n) is 9.02. The largest absolute Gasteiger partial charge is 0.490 e. The first-order valence-corrected chi connectivity index (χ1v) is 9.90. The summed E-state index contributed by atoms with van der Waals surface area (Å²) in [7, 11) is 0. The number of hydrogen-bond donors (Lipinski definition) is 0. The van der Waals surface area contributed by atoms with E-state index in [4.69, 9.17) is 14.5 Å². The van der Waals surface area contributed by atoms with Gasteiger partial charge in [-0.1, -0.05) is 18.2 Å². The van der Waals surface area contributed by atoms with Crippen LogP contribution in [0.5, 0.6) is 11.5 Å². The maximum Gasteiger partial charge on any atom is 0.161 e. The van der Waals surface area contributed by atoms with Gasteiger partial charge in [0.05, 0.1) is 34.6 Å². The molecule has 2 heterocycles. The first-order chi connectivity index (χ1) is 13.3. The van der Waals surface area contributed by atoms with Crippen molar-refractivity contribution in [1.29, 1.82) is 0 Å². The SMILES string of the molecule is CCOc1ccc(Cn2c(-c3cncs3)nc3ccccc32)cc1OCC. The Labute approximate surface area is 162 Å². The molecule has 4 rings (SSSR count). The van der Waals surface area contributed by atoms with Crippen molar-refractivity contribution in [2.75, 3.05) is 13.2 Å². The Morgan fingerprint density at radius 2 is 1.81 bits per heavy atom. The highest BCUT2D eigenvalue weighted by Gasteiger charge is 2.15. The van der Waals surface area contributed by atoms with Gasteiger partial charge in [0.1, 0.15) is 0 Å². The van der Waals surface area contributed by atoms with E-state index in [0.717, 1.165) is 38.8 Å². The van der Waals surface area contributed by atoms with Crippen LogP contribution in [0.2, 0.25) is 0 Å². The van der Waals surface area contributed by atoms with Gasteiger partial charge < -0.3 is 14.0 Å². The molecule has 27 heavy (non-hydrogen) atoms. The molecular formula is C21H21N3O2S. The third kappa shape index (κ3) is 3.53. The van der Waals surface area contributed by atoms with Crippen LogP contribution in [-0.4, -0.2) is 27.7 Å². The lowest BCUT2D eigenvalue weighted by molar-refractivity contribution is 0.287. The van der Waals surface area contributed by atoms with E-state index < -0.39 is 0 Å². The number of nitrogens with zero attached hydrogens (tertiary/aromatic N) is 3. The highest BCUT2D eigenvalue weighted by atomic mass is 32.1. The van der Waals surface area contributed by atoms with E-state index in [1.54, 1.807) is 11.3 Å². The van der Waals surface area contributed by atoms with Gasteiger partial charge in [-0.3, -0.25) is 4.98 Å². The molecule has 0 unspecified atom stereocenters. The molecule has 0 saturated carbocycles. The summed E-state index contributed by atoms with van der Waals surface area (Å²) in [5.41, 5.74) is 5.06. The zero-order valence-corrected chi connectivity index (χ0v) is 16.2. The Kier molecular flexibility index (Phi) is 5.07. The Balaban J connectivity index is 1.77. The minimum absolute atomic E-state index is 0.601. The second-order valence-electron chi connectivity index (χ2n) is 6.02. The molecule has 0 N–H and O–H groups in total. The van der Waals surface area contributed by atoms with Gasteiger partial charge in [-0.2, -0.15) is 0 Å². The summed E-state index contributed by atoms with van der Waals surface area (Å²) < 4.78 is 13.7. The number of benzene rings is 2. The van der Waals surface area contributed by atoms with Crippen LogP contribution in [-0.2, 0) is 6.54 Å². The van der Waals surface area contributed by atoms with Crippen molar-refractivity contribution >= 4 is 22.4 Å². The van der Waals surface area contributed by atoms with E-state index in [0.29, 0.717) is 19.8 Å². The van der Waals surface area contributed by atoms with E-state index in [2.05, 4.69) is 27.8 Å². The lowest BCUT2D eigenvalue weighted by atomic mass is 10.2. The zero-order chi connectivity index (χ0) is 18.6. The summed E-state index contributed by atoms with van der Waals surface area (Å²) >= 11 is 1.60. The predicted molar refractivity (Wildman–Crippen MR) is 109 cm³/mol. The fraction of sp³-hybridized carbons (Fsp3) is 0.238. The summed E-state index contributed by atoms with van der Waals surface area (Å²) in [5, 5.41) is 0. The Bertz CT molecular complexity index is 1040. The maximum absolute atomic E-state index is 5.78. The van der Waals surface area contributed by atoms with Gasteiger partial charge in [0.25, 0.3) is 0 Å². The highest BCUT2D eigenvalue weighted by Crippen LogP contribution is 2.31. The number of thiazole rings is 1. The molecule has 0 aliphatic carbocycles. The fourth-order valence-electron chi connectivity index (χ4n) is 3.13. The van der Waals surface area contributed by atoms with E-state index >= 15 is 0 Å². The van der Waals surface area contributed by atoms with Crippen LogP contribution in [0, 0.1) is 0 Å². The second-order valence-corrected chi connectivity index (χ2v) is 6.91. The van der Waals surface area contributed by atoms with Crippen molar-refractivity contribution in [2.45, 2.75) is 20.4 Å². The number of aromatic nitrogens is 3.